The van der Waals surface area contributed by atoms with Crippen LogP contribution in [0.3, 0.4) is 0 Å². The van der Waals surface area contributed by atoms with Crippen molar-refractivity contribution in [1.82, 2.24) is 4.98 Å². The quantitative estimate of drug-likeness (QED) is 0.623. The van der Waals surface area contributed by atoms with Gasteiger partial charge in [0.05, 0.1) is 5.69 Å². The maximum absolute atomic E-state index is 4.35. The van der Waals surface area contributed by atoms with E-state index < -0.39 is 0 Å². The molecule has 0 saturated carbocycles. The smallest absolute Gasteiger partial charge is 0.173 e. The molecule has 2 aromatic heterocycles. The summed E-state index contributed by atoms with van der Waals surface area (Å²) >= 11 is 0. The third kappa shape index (κ3) is 3.52. The predicted octanol–water partition coefficient (Wildman–Crippen LogP) is 0.0884. The number of pyridine rings is 2. The molecule has 0 aliphatic rings. The van der Waals surface area contributed by atoms with E-state index >= 15 is 0 Å². The molecule has 0 N–H and O–H groups in total. The van der Waals surface area contributed by atoms with Crippen molar-refractivity contribution in [2.75, 3.05) is 0 Å². The van der Waals surface area contributed by atoms with E-state index in [4.69, 9.17) is 0 Å². The molecule has 3 rings (SSSR count). The van der Waals surface area contributed by atoms with E-state index in [0.717, 1.165) is 17.8 Å². The first-order chi connectivity index (χ1) is 9.42. The molecule has 3 heteroatoms. The van der Waals surface area contributed by atoms with E-state index in [-0.39, 0.29) is 17.0 Å². The van der Waals surface area contributed by atoms with Crippen molar-refractivity contribution in [2.24, 2.45) is 0 Å². The van der Waals surface area contributed by atoms with E-state index in [1.54, 1.807) is 0 Å². The van der Waals surface area contributed by atoms with Gasteiger partial charge in [0.2, 0.25) is 0 Å². The third-order valence-electron chi connectivity index (χ3n) is 3.06. The minimum atomic E-state index is 0. The third-order valence-corrected chi connectivity index (χ3v) is 3.06. The average molecular weight is 327 g/mol. The minimum Gasteiger partial charge on any atom is -1.00 e. The average Bonchev–Trinajstić information content (AvgIpc) is 2.50. The van der Waals surface area contributed by atoms with Crippen LogP contribution in [0.15, 0.2) is 79.3 Å². The second-order valence-electron chi connectivity index (χ2n) is 4.46. The van der Waals surface area contributed by atoms with Crippen molar-refractivity contribution >= 4 is 0 Å². The number of aromatic nitrogens is 2. The number of rotatable bonds is 3. The van der Waals surface area contributed by atoms with Crippen molar-refractivity contribution in [2.45, 2.75) is 6.54 Å². The second-order valence-corrected chi connectivity index (χ2v) is 4.46. The molecule has 0 aliphatic carbocycles. The zero-order valence-electron chi connectivity index (χ0n) is 11.0. The lowest BCUT2D eigenvalue weighted by atomic mass is 10.2. The molecular formula is C17H15BrN2. The fourth-order valence-corrected chi connectivity index (χ4v) is 2.06. The standard InChI is InChI=1S/C17H15N2.BrH/c1-2-6-15(7-3-1)14-19-12-9-16(10-13-19)17-8-4-5-11-18-17;/h1-13H,14H2;1H/q+1;/p-1. The van der Waals surface area contributed by atoms with Gasteiger partial charge in [-0.15, -0.1) is 0 Å². The van der Waals surface area contributed by atoms with Gasteiger partial charge in [0.25, 0.3) is 0 Å². The number of hydrogen-bond donors (Lipinski definition) is 0. The molecule has 0 amide bonds. The second kappa shape index (κ2) is 6.96. The zero-order valence-corrected chi connectivity index (χ0v) is 12.6. The van der Waals surface area contributed by atoms with Gasteiger partial charge in [-0.05, 0) is 12.1 Å². The van der Waals surface area contributed by atoms with Gasteiger partial charge in [-0.1, -0.05) is 36.4 Å². The SMILES string of the molecule is [Br-].c1ccc(C[n+]2ccc(-c3ccccn3)cc2)cc1. The highest BCUT2D eigenvalue weighted by Crippen LogP contribution is 2.13. The highest BCUT2D eigenvalue weighted by atomic mass is 79.9. The van der Waals surface area contributed by atoms with Gasteiger partial charge in [-0.3, -0.25) is 4.98 Å². The topological polar surface area (TPSA) is 16.8 Å². The summed E-state index contributed by atoms with van der Waals surface area (Å²) in [5, 5.41) is 0. The zero-order chi connectivity index (χ0) is 12.9. The van der Waals surface area contributed by atoms with Gasteiger partial charge >= 0.3 is 0 Å². The molecule has 0 spiro atoms. The first kappa shape index (κ1) is 14.4. The van der Waals surface area contributed by atoms with Crippen LogP contribution in [-0.2, 0) is 6.54 Å². The first-order valence-electron chi connectivity index (χ1n) is 6.36. The summed E-state index contributed by atoms with van der Waals surface area (Å²) in [6.07, 6.45) is 6.01. The van der Waals surface area contributed by atoms with E-state index in [0.29, 0.717) is 0 Å². The fourth-order valence-electron chi connectivity index (χ4n) is 2.06. The van der Waals surface area contributed by atoms with Crippen LogP contribution in [0.2, 0.25) is 0 Å². The summed E-state index contributed by atoms with van der Waals surface area (Å²) in [4.78, 5) is 4.35. The van der Waals surface area contributed by atoms with E-state index in [1.807, 2.05) is 30.5 Å². The van der Waals surface area contributed by atoms with Crippen molar-refractivity contribution in [3.8, 4) is 11.3 Å². The largest absolute Gasteiger partial charge is 1.00 e. The van der Waals surface area contributed by atoms with E-state index in [2.05, 4.69) is 58.3 Å². The number of benzene rings is 1. The lowest BCUT2D eigenvalue weighted by Gasteiger charge is -2.00. The Balaban J connectivity index is 0.00000147. The van der Waals surface area contributed by atoms with Gasteiger partial charge in [0, 0.05) is 29.5 Å². The van der Waals surface area contributed by atoms with Crippen LogP contribution in [0.5, 0.6) is 0 Å². The molecule has 20 heavy (non-hydrogen) atoms. The van der Waals surface area contributed by atoms with Crippen LogP contribution >= 0.6 is 0 Å². The summed E-state index contributed by atoms with van der Waals surface area (Å²) in [6, 6.07) is 20.6. The molecule has 1 aromatic carbocycles. The Kier molecular flexibility index (Phi) is 5.02. The number of nitrogens with zero attached hydrogens (tertiary/aromatic N) is 2. The lowest BCUT2D eigenvalue weighted by Crippen LogP contribution is -3.00. The van der Waals surface area contributed by atoms with Crippen molar-refractivity contribution < 1.29 is 21.5 Å². The van der Waals surface area contributed by atoms with E-state index in [1.165, 1.54) is 5.56 Å². The summed E-state index contributed by atoms with van der Waals surface area (Å²) in [5.74, 6) is 0. The van der Waals surface area contributed by atoms with Crippen LogP contribution in [0, 0.1) is 0 Å². The Hall–Kier alpha value is -2.00. The van der Waals surface area contributed by atoms with Gasteiger partial charge in [0.15, 0.2) is 18.9 Å². The molecule has 0 saturated heterocycles. The van der Waals surface area contributed by atoms with Crippen LogP contribution in [0.25, 0.3) is 11.3 Å². The van der Waals surface area contributed by atoms with Gasteiger partial charge in [0.1, 0.15) is 0 Å². The Morgan fingerprint density at radius 2 is 1.50 bits per heavy atom. The molecule has 0 unspecified atom stereocenters. The maximum Gasteiger partial charge on any atom is 0.173 e. The van der Waals surface area contributed by atoms with Crippen molar-refractivity contribution in [3.63, 3.8) is 0 Å². The molecule has 2 nitrogen and oxygen atoms in total. The molecular weight excluding hydrogens is 312 g/mol. The van der Waals surface area contributed by atoms with Crippen LogP contribution in [0.4, 0.5) is 0 Å². The molecule has 0 radical (unpaired) electrons. The first-order valence-corrected chi connectivity index (χ1v) is 6.36. The molecule has 2 heterocycles. The molecule has 3 aromatic rings. The van der Waals surface area contributed by atoms with Crippen molar-refractivity contribution in [3.05, 3.63) is 84.8 Å². The molecule has 0 bridgehead atoms. The molecule has 0 fully saturated rings. The normalized spacial score (nSPS) is 9.80. The minimum absolute atomic E-state index is 0. The Morgan fingerprint density at radius 1 is 0.800 bits per heavy atom. The molecule has 0 aliphatic heterocycles. The van der Waals surface area contributed by atoms with E-state index in [9.17, 15) is 0 Å². The van der Waals surface area contributed by atoms with Crippen LogP contribution in [0.1, 0.15) is 5.56 Å². The van der Waals surface area contributed by atoms with Gasteiger partial charge in [-0.25, -0.2) is 4.57 Å². The summed E-state index contributed by atoms with van der Waals surface area (Å²) < 4.78 is 2.17. The lowest BCUT2D eigenvalue weighted by molar-refractivity contribution is -0.688. The predicted molar refractivity (Wildman–Crippen MR) is 75.4 cm³/mol. The fraction of sp³-hybridized carbons (Fsp3) is 0.0588. The molecule has 100 valence electrons. The number of hydrogen-bond acceptors (Lipinski definition) is 1. The van der Waals surface area contributed by atoms with Gasteiger partial charge in [-0.2, -0.15) is 0 Å². The van der Waals surface area contributed by atoms with Crippen LogP contribution in [-0.4, -0.2) is 4.98 Å². The maximum atomic E-state index is 4.35. The highest BCUT2D eigenvalue weighted by molar-refractivity contribution is 5.57. The Bertz CT molecular complexity index is 637. The monoisotopic (exact) mass is 326 g/mol. The highest BCUT2D eigenvalue weighted by Gasteiger charge is 2.04. The summed E-state index contributed by atoms with van der Waals surface area (Å²) in [7, 11) is 0. The molecule has 0 atom stereocenters. The van der Waals surface area contributed by atoms with Gasteiger partial charge < -0.3 is 17.0 Å². The van der Waals surface area contributed by atoms with Crippen molar-refractivity contribution in [1.29, 1.82) is 0 Å². The Labute approximate surface area is 129 Å². The number of halogens is 1. The van der Waals surface area contributed by atoms with Crippen LogP contribution < -0.4 is 21.5 Å². The summed E-state index contributed by atoms with van der Waals surface area (Å²) in [5.41, 5.74) is 3.46. The summed E-state index contributed by atoms with van der Waals surface area (Å²) in [6.45, 7) is 0.892. The Morgan fingerprint density at radius 3 is 2.15 bits per heavy atom.